The van der Waals surface area contributed by atoms with E-state index in [4.69, 9.17) is 14.2 Å². The number of esters is 2. The van der Waals surface area contributed by atoms with Crippen LogP contribution in [0, 0.1) is 0 Å². The first-order chi connectivity index (χ1) is 10.7. The normalized spacial score (nSPS) is 16.9. The molecule has 0 aromatic heterocycles. The lowest BCUT2D eigenvalue weighted by Gasteiger charge is -2.19. The van der Waals surface area contributed by atoms with E-state index in [1.165, 1.54) is 13.2 Å². The summed E-state index contributed by atoms with van der Waals surface area (Å²) in [6, 6.07) is 5.12. The van der Waals surface area contributed by atoms with E-state index in [0.29, 0.717) is 17.1 Å². The maximum absolute atomic E-state index is 12.2. The third-order valence-electron chi connectivity index (χ3n) is 2.89. The summed E-state index contributed by atoms with van der Waals surface area (Å²) in [6.07, 6.45) is 1.04. The van der Waals surface area contributed by atoms with Gasteiger partial charge in [-0.25, -0.2) is 9.59 Å². The molecule has 0 N–H and O–H groups in total. The van der Waals surface area contributed by atoms with Crippen LogP contribution in [-0.4, -0.2) is 30.9 Å². The molecule has 1 unspecified atom stereocenters. The van der Waals surface area contributed by atoms with Crippen molar-refractivity contribution in [1.82, 2.24) is 0 Å². The number of ether oxygens (including phenoxy) is 4. The van der Waals surface area contributed by atoms with Crippen LogP contribution >= 0.6 is 0 Å². The van der Waals surface area contributed by atoms with Gasteiger partial charge < -0.3 is 18.9 Å². The summed E-state index contributed by atoms with van der Waals surface area (Å²) >= 11 is 0. The molecule has 124 valence electrons. The van der Waals surface area contributed by atoms with Crippen LogP contribution in [0.4, 0.5) is 0 Å². The van der Waals surface area contributed by atoms with Crippen molar-refractivity contribution in [1.29, 1.82) is 0 Å². The molecule has 0 saturated heterocycles. The molecule has 6 nitrogen and oxygen atoms in total. The van der Waals surface area contributed by atoms with Crippen LogP contribution < -0.4 is 9.47 Å². The molecule has 6 heteroatoms. The van der Waals surface area contributed by atoms with Crippen molar-refractivity contribution in [2.45, 2.75) is 39.6 Å². The number of hydrogen-bond donors (Lipinski definition) is 0. The van der Waals surface area contributed by atoms with Crippen molar-refractivity contribution in [3.63, 3.8) is 0 Å². The number of methoxy groups -OCH3 is 1. The van der Waals surface area contributed by atoms with Crippen molar-refractivity contribution in [2.75, 3.05) is 7.11 Å². The van der Waals surface area contributed by atoms with Crippen LogP contribution in [0.1, 0.15) is 33.3 Å². The summed E-state index contributed by atoms with van der Waals surface area (Å²) in [5.74, 6) is -0.327. The molecule has 2 rings (SSSR count). The van der Waals surface area contributed by atoms with Gasteiger partial charge in [0.15, 0.2) is 11.5 Å². The molecule has 0 spiro atoms. The monoisotopic (exact) mass is 320 g/mol. The van der Waals surface area contributed by atoms with Gasteiger partial charge in [-0.2, -0.15) is 0 Å². The summed E-state index contributed by atoms with van der Waals surface area (Å²) in [5, 5.41) is 0. The van der Waals surface area contributed by atoms with Gasteiger partial charge in [-0.15, -0.1) is 0 Å². The standard InChI is InChI=1S/C17H20O6/c1-10-21-13-7-6-11(9-14(13)22-10)8-12(15(18)20-5)16(19)23-17(2,3)4/h6-10H,1-5H3. The maximum atomic E-state index is 12.2. The number of benzene rings is 1. The lowest BCUT2D eigenvalue weighted by Crippen LogP contribution is -2.27. The predicted molar refractivity (Wildman–Crippen MR) is 83.0 cm³/mol. The van der Waals surface area contributed by atoms with Crippen molar-refractivity contribution in [2.24, 2.45) is 0 Å². The Morgan fingerprint density at radius 1 is 1.13 bits per heavy atom. The van der Waals surface area contributed by atoms with Crippen LogP contribution in [0.2, 0.25) is 0 Å². The second kappa shape index (κ2) is 6.32. The van der Waals surface area contributed by atoms with Gasteiger partial charge in [0.2, 0.25) is 6.29 Å². The largest absolute Gasteiger partial charge is 0.465 e. The highest BCUT2D eigenvalue weighted by Crippen LogP contribution is 2.35. The average molecular weight is 320 g/mol. The summed E-state index contributed by atoms with van der Waals surface area (Å²) in [5.41, 5.74) is -0.295. The van der Waals surface area contributed by atoms with Crippen molar-refractivity contribution in [3.8, 4) is 11.5 Å². The van der Waals surface area contributed by atoms with Gasteiger partial charge in [0.25, 0.3) is 0 Å². The molecule has 1 heterocycles. The fourth-order valence-electron chi connectivity index (χ4n) is 2.00. The van der Waals surface area contributed by atoms with Gasteiger partial charge in [-0.05, 0) is 44.5 Å². The summed E-state index contributed by atoms with van der Waals surface area (Å²) in [4.78, 5) is 24.1. The Morgan fingerprint density at radius 3 is 2.39 bits per heavy atom. The zero-order chi connectivity index (χ0) is 17.2. The molecule has 1 aliphatic heterocycles. The van der Waals surface area contributed by atoms with Gasteiger partial charge in [0, 0.05) is 6.92 Å². The minimum Gasteiger partial charge on any atom is -0.465 e. The molecule has 0 radical (unpaired) electrons. The van der Waals surface area contributed by atoms with Crippen LogP contribution in [0.5, 0.6) is 11.5 Å². The van der Waals surface area contributed by atoms with Crippen LogP contribution in [-0.2, 0) is 19.1 Å². The molecule has 0 aliphatic carbocycles. The minimum atomic E-state index is -0.759. The Bertz CT molecular complexity index is 654. The number of hydrogen-bond acceptors (Lipinski definition) is 6. The zero-order valence-electron chi connectivity index (χ0n) is 13.8. The smallest absolute Gasteiger partial charge is 0.346 e. The van der Waals surface area contributed by atoms with Gasteiger partial charge >= 0.3 is 11.9 Å². The molecule has 1 atom stereocenters. The van der Waals surface area contributed by atoms with Gasteiger partial charge in [-0.1, -0.05) is 6.07 Å². The van der Waals surface area contributed by atoms with E-state index in [1.807, 2.05) is 0 Å². The molecule has 0 bridgehead atoms. The Labute approximate surface area is 135 Å². The van der Waals surface area contributed by atoms with E-state index < -0.39 is 17.5 Å². The topological polar surface area (TPSA) is 71.1 Å². The first-order valence-electron chi connectivity index (χ1n) is 7.20. The Morgan fingerprint density at radius 2 is 1.78 bits per heavy atom. The summed E-state index contributed by atoms with van der Waals surface area (Å²) in [7, 11) is 1.21. The summed E-state index contributed by atoms with van der Waals surface area (Å²) < 4.78 is 20.8. The highest BCUT2D eigenvalue weighted by atomic mass is 16.7. The van der Waals surface area contributed by atoms with E-state index in [2.05, 4.69) is 4.74 Å². The molecule has 0 fully saturated rings. The second-order valence-corrected chi connectivity index (χ2v) is 6.06. The second-order valence-electron chi connectivity index (χ2n) is 6.06. The molecule has 1 aliphatic rings. The molecular formula is C17H20O6. The number of rotatable bonds is 3. The maximum Gasteiger partial charge on any atom is 0.346 e. The molecular weight excluding hydrogens is 300 g/mol. The summed E-state index contributed by atoms with van der Waals surface area (Å²) in [6.45, 7) is 6.95. The quantitative estimate of drug-likeness (QED) is 0.369. The Balaban J connectivity index is 2.33. The fraction of sp³-hybridized carbons (Fsp3) is 0.412. The highest BCUT2D eigenvalue weighted by Gasteiger charge is 2.26. The zero-order valence-corrected chi connectivity index (χ0v) is 13.8. The first-order valence-corrected chi connectivity index (χ1v) is 7.20. The van der Waals surface area contributed by atoms with E-state index in [9.17, 15) is 9.59 Å². The SMILES string of the molecule is COC(=O)C(=Cc1ccc2c(c1)OC(C)O2)C(=O)OC(C)(C)C. The number of carbonyl (C=O) groups is 2. The Hall–Kier alpha value is -2.50. The molecule has 1 aromatic rings. The van der Waals surface area contributed by atoms with Crippen molar-refractivity contribution >= 4 is 18.0 Å². The van der Waals surface area contributed by atoms with Gasteiger partial charge in [-0.3, -0.25) is 0 Å². The van der Waals surface area contributed by atoms with Gasteiger partial charge in [0.1, 0.15) is 11.2 Å². The predicted octanol–water partition coefficient (Wildman–Crippen LogP) is 2.70. The Kier molecular flexibility index (Phi) is 4.63. The lowest BCUT2D eigenvalue weighted by atomic mass is 10.1. The van der Waals surface area contributed by atoms with Gasteiger partial charge in [0.05, 0.1) is 7.11 Å². The third-order valence-corrected chi connectivity index (χ3v) is 2.89. The van der Waals surface area contributed by atoms with E-state index in [0.717, 1.165) is 0 Å². The molecule has 23 heavy (non-hydrogen) atoms. The van der Waals surface area contributed by atoms with E-state index in [1.54, 1.807) is 45.9 Å². The first kappa shape index (κ1) is 16.9. The number of fused-ring (bicyclic) bond motifs is 1. The van der Waals surface area contributed by atoms with E-state index >= 15 is 0 Å². The fourth-order valence-corrected chi connectivity index (χ4v) is 2.00. The minimum absolute atomic E-state index is 0.186. The van der Waals surface area contributed by atoms with Crippen molar-refractivity contribution in [3.05, 3.63) is 29.3 Å². The third kappa shape index (κ3) is 4.25. The highest BCUT2D eigenvalue weighted by molar-refractivity contribution is 6.17. The van der Waals surface area contributed by atoms with Crippen molar-refractivity contribution < 1.29 is 28.5 Å². The molecule has 0 saturated carbocycles. The van der Waals surface area contributed by atoms with Crippen LogP contribution in [0.15, 0.2) is 23.8 Å². The molecule has 1 aromatic carbocycles. The average Bonchev–Trinajstić information content (AvgIpc) is 2.81. The molecule has 0 amide bonds. The van der Waals surface area contributed by atoms with Crippen LogP contribution in [0.25, 0.3) is 6.08 Å². The van der Waals surface area contributed by atoms with Crippen LogP contribution in [0.3, 0.4) is 0 Å². The lowest BCUT2D eigenvalue weighted by molar-refractivity contribution is -0.153. The van der Waals surface area contributed by atoms with E-state index in [-0.39, 0.29) is 11.9 Å². The number of carbonyl (C=O) groups excluding carboxylic acids is 2.